The number of hydrogen-bond donors (Lipinski definition) is 2. The third kappa shape index (κ3) is 2.69. The molecule has 1 nitrogen and oxygen atoms in total. The standard InChI is InChI=1S/C10H9F4NS/c1-15-9(5-16)7-4-6(10(12,13)14)2-3-8(7)11/h2-5,15-16H,1H3/b9-5-. The fourth-order valence-corrected chi connectivity index (χ4v) is 1.44. The molecule has 6 heteroatoms. The molecule has 0 saturated heterocycles. The molecule has 0 unspecified atom stereocenters. The maximum absolute atomic E-state index is 13.3. The van der Waals surface area contributed by atoms with Crippen LogP contribution in [0.5, 0.6) is 0 Å². The summed E-state index contributed by atoms with van der Waals surface area (Å²) in [5.74, 6) is -0.734. The third-order valence-electron chi connectivity index (χ3n) is 1.98. The van der Waals surface area contributed by atoms with Gasteiger partial charge in [0.2, 0.25) is 0 Å². The number of alkyl halides is 3. The molecule has 88 valence electrons. The van der Waals surface area contributed by atoms with Crippen LogP contribution in [0.25, 0.3) is 5.70 Å². The highest BCUT2D eigenvalue weighted by molar-refractivity contribution is 7.83. The highest BCUT2D eigenvalue weighted by atomic mass is 32.1. The lowest BCUT2D eigenvalue weighted by molar-refractivity contribution is -0.137. The van der Waals surface area contributed by atoms with Gasteiger partial charge in [-0.05, 0) is 23.6 Å². The van der Waals surface area contributed by atoms with Gasteiger partial charge in [0, 0.05) is 12.6 Å². The Bertz CT molecular complexity index is 412. The van der Waals surface area contributed by atoms with E-state index in [1.54, 1.807) is 0 Å². The summed E-state index contributed by atoms with van der Waals surface area (Å²) in [6, 6.07) is 2.23. The zero-order valence-electron chi connectivity index (χ0n) is 8.27. The Morgan fingerprint density at radius 1 is 1.38 bits per heavy atom. The van der Waals surface area contributed by atoms with Crippen LogP contribution in [-0.4, -0.2) is 7.05 Å². The molecule has 1 N–H and O–H groups in total. The smallest absolute Gasteiger partial charge is 0.387 e. The largest absolute Gasteiger partial charge is 0.416 e. The van der Waals surface area contributed by atoms with Crippen LogP contribution in [0.15, 0.2) is 23.6 Å². The van der Waals surface area contributed by atoms with Crippen molar-refractivity contribution < 1.29 is 17.6 Å². The van der Waals surface area contributed by atoms with E-state index in [2.05, 4.69) is 17.9 Å². The maximum Gasteiger partial charge on any atom is 0.416 e. The summed E-state index contributed by atoms with van der Waals surface area (Å²) in [6.07, 6.45) is -4.49. The van der Waals surface area contributed by atoms with E-state index in [4.69, 9.17) is 0 Å². The minimum absolute atomic E-state index is 0.160. The Morgan fingerprint density at radius 2 is 2.00 bits per heavy atom. The summed E-state index contributed by atoms with van der Waals surface area (Å²) in [6.45, 7) is 0. The average molecular weight is 251 g/mol. The topological polar surface area (TPSA) is 12.0 Å². The molecule has 0 bridgehead atoms. The number of thiol groups is 1. The van der Waals surface area contributed by atoms with Crippen LogP contribution in [0, 0.1) is 5.82 Å². The predicted molar refractivity (Wildman–Crippen MR) is 57.4 cm³/mol. The highest BCUT2D eigenvalue weighted by Crippen LogP contribution is 2.31. The average Bonchev–Trinajstić information content (AvgIpc) is 2.20. The molecule has 0 spiro atoms. The van der Waals surface area contributed by atoms with E-state index in [1.165, 1.54) is 12.5 Å². The molecule has 1 aromatic rings. The number of hydrogen-bond acceptors (Lipinski definition) is 2. The lowest BCUT2D eigenvalue weighted by Gasteiger charge is -2.11. The maximum atomic E-state index is 13.3. The molecule has 1 rings (SSSR count). The molecule has 1 aromatic carbocycles. The second kappa shape index (κ2) is 4.78. The fourth-order valence-electron chi connectivity index (χ4n) is 1.18. The summed E-state index contributed by atoms with van der Waals surface area (Å²) >= 11 is 3.79. The minimum Gasteiger partial charge on any atom is -0.387 e. The molecule has 0 saturated carbocycles. The van der Waals surface area contributed by atoms with E-state index in [0.29, 0.717) is 6.07 Å². The van der Waals surface area contributed by atoms with Crippen LogP contribution in [0.1, 0.15) is 11.1 Å². The zero-order chi connectivity index (χ0) is 12.3. The van der Waals surface area contributed by atoms with Crippen molar-refractivity contribution in [2.75, 3.05) is 7.05 Å². The van der Waals surface area contributed by atoms with E-state index >= 15 is 0 Å². The van der Waals surface area contributed by atoms with Gasteiger partial charge in [-0.2, -0.15) is 13.2 Å². The fraction of sp³-hybridized carbons (Fsp3) is 0.200. The quantitative estimate of drug-likeness (QED) is 0.607. The zero-order valence-corrected chi connectivity index (χ0v) is 9.16. The summed E-state index contributed by atoms with van der Waals surface area (Å²) in [7, 11) is 1.47. The van der Waals surface area contributed by atoms with Crippen LogP contribution in [0.4, 0.5) is 17.6 Å². The number of benzene rings is 1. The lowest BCUT2D eigenvalue weighted by atomic mass is 10.1. The van der Waals surface area contributed by atoms with Gasteiger partial charge in [-0.15, -0.1) is 12.6 Å². The van der Waals surface area contributed by atoms with Gasteiger partial charge in [-0.1, -0.05) is 0 Å². The third-order valence-corrected chi connectivity index (χ3v) is 2.24. The molecule has 0 radical (unpaired) electrons. The van der Waals surface area contributed by atoms with Crippen LogP contribution in [-0.2, 0) is 6.18 Å². The van der Waals surface area contributed by atoms with E-state index in [0.717, 1.165) is 12.1 Å². The van der Waals surface area contributed by atoms with Gasteiger partial charge in [-0.3, -0.25) is 0 Å². The summed E-state index contributed by atoms with van der Waals surface area (Å²) in [5.41, 5.74) is -0.869. The molecule has 0 amide bonds. The molecule has 16 heavy (non-hydrogen) atoms. The molecule has 0 aromatic heterocycles. The van der Waals surface area contributed by atoms with Crippen molar-refractivity contribution >= 4 is 18.3 Å². The summed E-state index contributed by atoms with van der Waals surface area (Å²) < 4.78 is 50.5. The Morgan fingerprint density at radius 3 is 2.44 bits per heavy atom. The van der Waals surface area contributed by atoms with Crippen LogP contribution in [0.3, 0.4) is 0 Å². The molecule has 0 aliphatic carbocycles. The lowest BCUT2D eigenvalue weighted by Crippen LogP contribution is -2.10. The summed E-state index contributed by atoms with van der Waals surface area (Å²) in [5, 5.41) is 3.77. The first kappa shape index (κ1) is 12.9. The summed E-state index contributed by atoms with van der Waals surface area (Å²) in [4.78, 5) is 0. The van der Waals surface area contributed by atoms with Crippen molar-refractivity contribution in [2.24, 2.45) is 0 Å². The van der Waals surface area contributed by atoms with E-state index in [1.807, 2.05) is 0 Å². The predicted octanol–water partition coefficient (Wildman–Crippen LogP) is 3.29. The van der Waals surface area contributed by atoms with Crippen molar-refractivity contribution in [3.63, 3.8) is 0 Å². The number of nitrogens with one attached hydrogen (secondary N) is 1. The molecule has 0 aliphatic rings. The molecule has 0 atom stereocenters. The Balaban J connectivity index is 3.29. The molecule has 0 aliphatic heterocycles. The van der Waals surface area contributed by atoms with E-state index in [9.17, 15) is 17.6 Å². The monoisotopic (exact) mass is 251 g/mol. The van der Waals surface area contributed by atoms with Gasteiger partial charge in [-0.25, -0.2) is 4.39 Å². The molecular weight excluding hydrogens is 242 g/mol. The molecule has 0 fully saturated rings. The number of halogens is 4. The van der Waals surface area contributed by atoms with Gasteiger partial charge in [0.1, 0.15) is 5.82 Å². The van der Waals surface area contributed by atoms with Crippen LogP contribution >= 0.6 is 12.6 Å². The first-order valence-electron chi connectivity index (χ1n) is 4.29. The molecular formula is C10H9F4NS. The first-order chi connectivity index (χ1) is 7.40. The Kier molecular flexibility index (Phi) is 3.85. The van der Waals surface area contributed by atoms with Crippen molar-refractivity contribution in [2.45, 2.75) is 6.18 Å². The van der Waals surface area contributed by atoms with Gasteiger partial charge in [0.15, 0.2) is 0 Å². The van der Waals surface area contributed by atoms with Crippen LogP contribution in [0.2, 0.25) is 0 Å². The van der Waals surface area contributed by atoms with E-state index in [-0.39, 0.29) is 11.3 Å². The van der Waals surface area contributed by atoms with E-state index < -0.39 is 17.6 Å². The molecule has 0 heterocycles. The normalized spacial score (nSPS) is 12.8. The van der Waals surface area contributed by atoms with Crippen LogP contribution < -0.4 is 5.32 Å². The van der Waals surface area contributed by atoms with Crippen molar-refractivity contribution in [1.29, 1.82) is 0 Å². The Labute approximate surface area is 95.6 Å². The second-order valence-corrected chi connectivity index (χ2v) is 3.24. The minimum atomic E-state index is -4.49. The number of rotatable bonds is 2. The van der Waals surface area contributed by atoms with Crippen molar-refractivity contribution in [3.05, 3.63) is 40.6 Å². The SMILES string of the molecule is CN/C(=C\S)c1cc(C(F)(F)F)ccc1F. The highest BCUT2D eigenvalue weighted by Gasteiger charge is 2.31. The van der Waals surface area contributed by atoms with Crippen molar-refractivity contribution in [1.82, 2.24) is 5.32 Å². The van der Waals surface area contributed by atoms with Gasteiger partial charge < -0.3 is 5.32 Å². The van der Waals surface area contributed by atoms with Gasteiger partial charge in [0.05, 0.1) is 11.3 Å². The Hall–Kier alpha value is -1.17. The second-order valence-electron chi connectivity index (χ2n) is 2.99. The van der Waals surface area contributed by atoms with Gasteiger partial charge in [0.25, 0.3) is 0 Å². The first-order valence-corrected chi connectivity index (χ1v) is 4.81. The van der Waals surface area contributed by atoms with Gasteiger partial charge >= 0.3 is 6.18 Å². The van der Waals surface area contributed by atoms with Crippen molar-refractivity contribution in [3.8, 4) is 0 Å².